The molecule has 25 heavy (non-hydrogen) atoms. The molecule has 2 aromatic carbocycles. The maximum Gasteiger partial charge on any atom is 0.240 e. The van der Waals surface area contributed by atoms with Crippen LogP contribution in [0.5, 0.6) is 0 Å². The highest BCUT2D eigenvalue weighted by atomic mass is 32.2. The molecule has 0 atom stereocenters. The molecule has 0 unspecified atom stereocenters. The van der Waals surface area contributed by atoms with Crippen LogP contribution in [0.25, 0.3) is 0 Å². The fourth-order valence-electron chi connectivity index (χ4n) is 1.98. The molecule has 8 heteroatoms. The molecule has 2 N–H and O–H groups in total. The van der Waals surface area contributed by atoms with Gasteiger partial charge in [0.2, 0.25) is 11.1 Å². The maximum absolute atomic E-state index is 12.9. The van der Waals surface area contributed by atoms with E-state index in [-0.39, 0.29) is 11.6 Å². The first-order chi connectivity index (χ1) is 12.1. The number of hydrogen-bond acceptors (Lipinski definition) is 5. The second-order valence-corrected chi connectivity index (χ2v) is 6.14. The van der Waals surface area contributed by atoms with Gasteiger partial charge >= 0.3 is 0 Å². The first-order valence-corrected chi connectivity index (χ1v) is 8.44. The number of hydrazone groups is 1. The summed E-state index contributed by atoms with van der Waals surface area (Å²) in [6.07, 6.45) is 0. The van der Waals surface area contributed by atoms with Gasteiger partial charge in [0.05, 0.1) is 5.71 Å². The van der Waals surface area contributed by atoms with Gasteiger partial charge in [0.25, 0.3) is 0 Å². The van der Waals surface area contributed by atoms with Crippen LogP contribution in [0, 0.1) is 11.6 Å². The molecule has 0 saturated heterocycles. The first kappa shape index (κ1) is 17.1. The number of benzene rings is 2. The van der Waals surface area contributed by atoms with Crippen molar-refractivity contribution < 1.29 is 8.78 Å². The van der Waals surface area contributed by atoms with Crippen molar-refractivity contribution in [2.75, 3.05) is 5.43 Å². The average Bonchev–Trinajstić information content (AvgIpc) is 3.08. The van der Waals surface area contributed by atoms with Gasteiger partial charge in [-0.1, -0.05) is 36.0 Å². The molecule has 1 aromatic heterocycles. The van der Waals surface area contributed by atoms with E-state index in [4.69, 9.17) is 0 Å². The fourth-order valence-corrected chi connectivity index (χ4v) is 2.74. The van der Waals surface area contributed by atoms with E-state index >= 15 is 0 Å². The summed E-state index contributed by atoms with van der Waals surface area (Å²) in [5.74, 6) is 0.494. The van der Waals surface area contributed by atoms with Crippen LogP contribution in [0.15, 0.2) is 58.8 Å². The van der Waals surface area contributed by atoms with Gasteiger partial charge in [0, 0.05) is 5.75 Å². The lowest BCUT2D eigenvalue weighted by Crippen LogP contribution is -2.00. The molecule has 0 aliphatic heterocycles. The Bertz CT molecular complexity index is 860. The zero-order chi connectivity index (χ0) is 17.6. The highest BCUT2D eigenvalue weighted by Crippen LogP contribution is 2.20. The van der Waals surface area contributed by atoms with Gasteiger partial charge in [-0.3, -0.25) is 0 Å². The molecule has 0 radical (unpaired) electrons. The molecular formula is C17H15F2N5S. The van der Waals surface area contributed by atoms with Crippen molar-refractivity contribution in [2.45, 2.75) is 17.8 Å². The van der Waals surface area contributed by atoms with Crippen LogP contribution < -0.4 is 5.43 Å². The molecule has 5 nitrogen and oxygen atoms in total. The van der Waals surface area contributed by atoms with E-state index in [1.165, 1.54) is 36.0 Å². The predicted molar refractivity (Wildman–Crippen MR) is 94.6 cm³/mol. The van der Waals surface area contributed by atoms with Crippen molar-refractivity contribution in [3.8, 4) is 0 Å². The molecule has 1 heterocycles. The van der Waals surface area contributed by atoms with E-state index in [9.17, 15) is 8.78 Å². The van der Waals surface area contributed by atoms with Gasteiger partial charge in [-0.15, -0.1) is 5.10 Å². The summed E-state index contributed by atoms with van der Waals surface area (Å²) in [5.41, 5.74) is 5.26. The molecule has 0 aliphatic rings. The normalized spacial score (nSPS) is 11.6. The number of anilines is 1. The molecule has 0 saturated carbocycles. The Kier molecular flexibility index (Phi) is 5.39. The predicted octanol–water partition coefficient (Wildman–Crippen LogP) is 4.21. The third-order valence-corrected chi connectivity index (χ3v) is 4.26. The van der Waals surface area contributed by atoms with Crippen molar-refractivity contribution in [1.82, 2.24) is 15.2 Å². The first-order valence-electron chi connectivity index (χ1n) is 7.46. The number of hydrogen-bond donors (Lipinski definition) is 2. The summed E-state index contributed by atoms with van der Waals surface area (Å²) < 4.78 is 25.8. The molecule has 0 spiro atoms. The number of thioether (sulfide) groups is 1. The maximum atomic E-state index is 12.9. The summed E-state index contributed by atoms with van der Waals surface area (Å²) in [4.78, 5) is 4.27. The monoisotopic (exact) mass is 359 g/mol. The highest BCUT2D eigenvalue weighted by molar-refractivity contribution is 7.98. The number of rotatable bonds is 6. The quantitative estimate of drug-likeness (QED) is 0.393. The molecule has 128 valence electrons. The average molecular weight is 359 g/mol. The lowest BCUT2D eigenvalue weighted by atomic mass is 10.1. The largest absolute Gasteiger partial charge is 0.245 e. The summed E-state index contributed by atoms with van der Waals surface area (Å²) in [6.45, 7) is 1.81. The standard InChI is InChI=1S/C17H15F2N5S/c1-11(13-4-8-15(19)9-5-13)21-22-16-20-17(24-23-16)25-10-12-2-6-14(18)7-3-12/h2-9H,10H2,1H3,(H2,20,22,23,24)/b21-11+. The van der Waals surface area contributed by atoms with Crippen molar-refractivity contribution in [1.29, 1.82) is 0 Å². The molecule has 0 fully saturated rings. The highest BCUT2D eigenvalue weighted by Gasteiger charge is 2.05. The number of H-pyrrole nitrogens is 1. The number of aromatic nitrogens is 3. The minimum Gasteiger partial charge on any atom is -0.245 e. The van der Waals surface area contributed by atoms with Crippen LogP contribution in [-0.4, -0.2) is 20.9 Å². The SMILES string of the molecule is C/C(=N\Nc1nc(SCc2ccc(F)cc2)n[nH]1)c1ccc(F)cc1. The number of aromatic amines is 1. The van der Waals surface area contributed by atoms with Crippen LogP contribution in [0.2, 0.25) is 0 Å². The Morgan fingerprint density at radius 3 is 2.40 bits per heavy atom. The molecular weight excluding hydrogens is 344 g/mol. The summed E-state index contributed by atoms with van der Waals surface area (Å²) in [7, 11) is 0. The van der Waals surface area contributed by atoms with Crippen LogP contribution in [0.3, 0.4) is 0 Å². The van der Waals surface area contributed by atoms with Crippen molar-refractivity contribution >= 4 is 23.4 Å². The second-order valence-electron chi connectivity index (χ2n) is 5.20. The summed E-state index contributed by atoms with van der Waals surface area (Å²) in [6, 6.07) is 12.4. The Morgan fingerprint density at radius 1 is 1.08 bits per heavy atom. The van der Waals surface area contributed by atoms with Gasteiger partial charge in [-0.25, -0.2) is 19.3 Å². The van der Waals surface area contributed by atoms with Crippen LogP contribution in [0.4, 0.5) is 14.7 Å². The Labute approximate surface area is 147 Å². The van der Waals surface area contributed by atoms with E-state index in [1.54, 1.807) is 31.2 Å². The lowest BCUT2D eigenvalue weighted by Gasteiger charge is -2.00. The van der Waals surface area contributed by atoms with Gasteiger partial charge in [-0.05, 0) is 42.3 Å². The van der Waals surface area contributed by atoms with E-state index in [0.29, 0.717) is 22.6 Å². The third-order valence-electron chi connectivity index (χ3n) is 3.34. The molecule has 0 bridgehead atoms. The minimum atomic E-state index is -0.289. The van der Waals surface area contributed by atoms with E-state index in [1.807, 2.05) is 0 Å². The Balaban J connectivity index is 1.56. The van der Waals surface area contributed by atoms with E-state index in [0.717, 1.165) is 11.1 Å². The number of nitrogens with one attached hydrogen (secondary N) is 2. The second kappa shape index (κ2) is 7.89. The van der Waals surface area contributed by atoms with Gasteiger partial charge < -0.3 is 0 Å². The smallest absolute Gasteiger partial charge is 0.240 e. The Hall–Kier alpha value is -2.74. The van der Waals surface area contributed by atoms with E-state index in [2.05, 4.69) is 25.7 Å². The Morgan fingerprint density at radius 2 is 1.72 bits per heavy atom. The van der Waals surface area contributed by atoms with Crippen LogP contribution in [0.1, 0.15) is 18.1 Å². The minimum absolute atomic E-state index is 0.257. The van der Waals surface area contributed by atoms with Crippen LogP contribution >= 0.6 is 11.8 Å². The number of halogens is 2. The molecule has 0 amide bonds. The summed E-state index contributed by atoms with van der Waals surface area (Å²) >= 11 is 1.43. The van der Waals surface area contributed by atoms with Crippen molar-refractivity contribution in [3.05, 3.63) is 71.3 Å². The zero-order valence-electron chi connectivity index (χ0n) is 13.3. The van der Waals surface area contributed by atoms with Crippen molar-refractivity contribution in [3.63, 3.8) is 0 Å². The van der Waals surface area contributed by atoms with Gasteiger partial charge in [-0.2, -0.15) is 10.1 Å². The molecule has 0 aliphatic carbocycles. The molecule has 3 rings (SSSR count). The van der Waals surface area contributed by atoms with E-state index < -0.39 is 0 Å². The van der Waals surface area contributed by atoms with Crippen LogP contribution in [-0.2, 0) is 5.75 Å². The number of nitrogens with zero attached hydrogens (tertiary/aromatic N) is 3. The van der Waals surface area contributed by atoms with Crippen molar-refractivity contribution in [2.24, 2.45) is 5.10 Å². The third kappa shape index (κ3) is 4.87. The lowest BCUT2D eigenvalue weighted by molar-refractivity contribution is 0.627. The fraction of sp³-hybridized carbons (Fsp3) is 0.118. The van der Waals surface area contributed by atoms with Gasteiger partial charge in [0.1, 0.15) is 11.6 Å². The van der Waals surface area contributed by atoms with Gasteiger partial charge in [0.15, 0.2) is 0 Å². The zero-order valence-corrected chi connectivity index (χ0v) is 14.1. The topological polar surface area (TPSA) is 66.0 Å². The summed E-state index contributed by atoms with van der Waals surface area (Å²) in [5, 5.41) is 11.6. The molecule has 3 aromatic rings.